The molecule has 0 fully saturated rings. The average molecular weight is 221 g/mol. The third-order valence-electron chi connectivity index (χ3n) is 2.38. The van der Waals surface area contributed by atoms with E-state index in [4.69, 9.17) is 5.11 Å². The van der Waals surface area contributed by atoms with Gasteiger partial charge in [0.1, 0.15) is 6.61 Å². The van der Waals surface area contributed by atoms with E-state index < -0.39 is 12.6 Å². The van der Waals surface area contributed by atoms with Gasteiger partial charge < -0.3 is 10.4 Å². The summed E-state index contributed by atoms with van der Waals surface area (Å²) in [6, 6.07) is 9.09. The van der Waals surface area contributed by atoms with Crippen LogP contribution in [0.1, 0.15) is 12.0 Å². The summed E-state index contributed by atoms with van der Waals surface area (Å²) in [5.41, 5.74) is 1.10. The lowest BCUT2D eigenvalue weighted by molar-refractivity contribution is -0.126. The Bertz CT molecular complexity index is 337. The maximum atomic E-state index is 11.3. The topological polar surface area (TPSA) is 66.4 Å². The van der Waals surface area contributed by atoms with Gasteiger partial charge in [-0.1, -0.05) is 30.3 Å². The fourth-order valence-electron chi connectivity index (χ4n) is 1.49. The smallest absolute Gasteiger partial charge is 0.207 e. The van der Waals surface area contributed by atoms with Crippen molar-refractivity contribution in [3.8, 4) is 0 Å². The quantitative estimate of drug-likeness (QED) is 0.650. The summed E-state index contributed by atoms with van der Waals surface area (Å²) in [7, 11) is 0. The zero-order valence-corrected chi connectivity index (χ0v) is 8.93. The number of carbonyl (C=O) groups excluding carboxylic acids is 2. The van der Waals surface area contributed by atoms with Gasteiger partial charge in [-0.2, -0.15) is 0 Å². The first-order chi connectivity index (χ1) is 7.77. The van der Waals surface area contributed by atoms with E-state index in [1.807, 2.05) is 30.3 Å². The number of benzene rings is 1. The summed E-state index contributed by atoms with van der Waals surface area (Å²) < 4.78 is 0. The van der Waals surface area contributed by atoms with Gasteiger partial charge in [0.15, 0.2) is 5.78 Å². The number of hydrogen-bond acceptors (Lipinski definition) is 3. The lowest BCUT2D eigenvalue weighted by Gasteiger charge is -2.13. The van der Waals surface area contributed by atoms with Crippen LogP contribution in [0, 0.1) is 0 Å². The van der Waals surface area contributed by atoms with Crippen LogP contribution in [0.15, 0.2) is 30.3 Å². The molecule has 0 radical (unpaired) electrons. The number of hydrogen-bond donors (Lipinski definition) is 2. The molecule has 1 aromatic rings. The molecule has 4 nitrogen and oxygen atoms in total. The Balaban J connectivity index is 2.50. The van der Waals surface area contributed by atoms with Crippen molar-refractivity contribution in [3.63, 3.8) is 0 Å². The Morgan fingerprint density at radius 3 is 2.62 bits per heavy atom. The van der Waals surface area contributed by atoms with E-state index in [0.29, 0.717) is 19.3 Å². The summed E-state index contributed by atoms with van der Waals surface area (Å²) in [4.78, 5) is 21.6. The number of aliphatic hydroxyl groups excluding tert-OH is 1. The van der Waals surface area contributed by atoms with Crippen molar-refractivity contribution in [2.45, 2.75) is 18.9 Å². The Morgan fingerprint density at radius 1 is 1.38 bits per heavy atom. The Hall–Kier alpha value is -1.68. The molecule has 0 aliphatic carbocycles. The highest BCUT2D eigenvalue weighted by Crippen LogP contribution is 2.05. The van der Waals surface area contributed by atoms with E-state index in [1.165, 1.54) is 0 Å². The van der Waals surface area contributed by atoms with Gasteiger partial charge >= 0.3 is 0 Å². The molecule has 0 heterocycles. The highest BCUT2D eigenvalue weighted by Gasteiger charge is 2.15. The third kappa shape index (κ3) is 3.82. The standard InChI is InChI=1S/C12H15NO3/c14-8-12(16)11(13-9-15)7-6-10-4-2-1-3-5-10/h1-5,9,11,14H,6-8H2,(H,13,15). The SMILES string of the molecule is O=CNC(CCc1ccccc1)C(=O)CO. The molecule has 0 aliphatic heterocycles. The van der Waals surface area contributed by atoms with Crippen molar-refractivity contribution in [1.82, 2.24) is 5.32 Å². The van der Waals surface area contributed by atoms with Gasteiger partial charge in [-0.05, 0) is 18.4 Å². The maximum absolute atomic E-state index is 11.3. The van der Waals surface area contributed by atoms with Crippen LogP contribution in [0.4, 0.5) is 0 Å². The predicted octanol–water partition coefficient (Wildman–Crippen LogP) is 0.295. The second kappa shape index (κ2) is 6.74. The summed E-state index contributed by atoms with van der Waals surface area (Å²) in [6.07, 6.45) is 1.68. The molecule has 0 bridgehead atoms. The van der Waals surface area contributed by atoms with E-state index in [0.717, 1.165) is 5.56 Å². The minimum Gasteiger partial charge on any atom is -0.389 e. The summed E-state index contributed by atoms with van der Waals surface area (Å²) >= 11 is 0. The van der Waals surface area contributed by atoms with Crippen molar-refractivity contribution >= 4 is 12.2 Å². The highest BCUT2D eigenvalue weighted by atomic mass is 16.3. The van der Waals surface area contributed by atoms with Crippen LogP contribution >= 0.6 is 0 Å². The van der Waals surface area contributed by atoms with Gasteiger partial charge in [0.2, 0.25) is 6.41 Å². The molecule has 0 saturated heterocycles. The molecule has 1 rings (SSSR count). The molecular formula is C12H15NO3. The van der Waals surface area contributed by atoms with Gasteiger partial charge in [-0.3, -0.25) is 9.59 Å². The molecule has 0 aromatic heterocycles. The second-order valence-corrected chi connectivity index (χ2v) is 3.49. The fourth-order valence-corrected chi connectivity index (χ4v) is 1.49. The van der Waals surface area contributed by atoms with Crippen molar-refractivity contribution in [2.75, 3.05) is 6.61 Å². The average Bonchev–Trinajstić information content (AvgIpc) is 2.34. The first-order valence-electron chi connectivity index (χ1n) is 5.15. The number of aliphatic hydroxyl groups is 1. The number of Topliss-reactive ketones (excluding diaryl/α,β-unsaturated/α-hetero) is 1. The number of nitrogens with one attached hydrogen (secondary N) is 1. The Kier molecular flexibility index (Phi) is 5.22. The van der Waals surface area contributed by atoms with Gasteiger partial charge in [0.05, 0.1) is 6.04 Å². The number of aryl methyl sites for hydroxylation is 1. The summed E-state index contributed by atoms with van der Waals surface area (Å²) in [5, 5.41) is 11.1. The van der Waals surface area contributed by atoms with Crippen molar-refractivity contribution in [3.05, 3.63) is 35.9 Å². The summed E-state index contributed by atoms with van der Waals surface area (Å²) in [6.45, 7) is -0.541. The molecule has 86 valence electrons. The molecular weight excluding hydrogens is 206 g/mol. The van der Waals surface area contributed by atoms with Crippen LogP contribution in [0.5, 0.6) is 0 Å². The normalized spacial score (nSPS) is 11.8. The van der Waals surface area contributed by atoms with E-state index in [9.17, 15) is 9.59 Å². The lowest BCUT2D eigenvalue weighted by atomic mass is 10.0. The van der Waals surface area contributed by atoms with Crippen LogP contribution < -0.4 is 5.32 Å². The summed E-state index contributed by atoms with van der Waals surface area (Å²) in [5.74, 6) is -0.358. The van der Waals surface area contributed by atoms with E-state index in [-0.39, 0.29) is 5.78 Å². The Morgan fingerprint density at radius 2 is 2.06 bits per heavy atom. The lowest BCUT2D eigenvalue weighted by Crippen LogP contribution is -2.38. The fraction of sp³-hybridized carbons (Fsp3) is 0.333. The monoisotopic (exact) mass is 221 g/mol. The first-order valence-corrected chi connectivity index (χ1v) is 5.15. The van der Waals surface area contributed by atoms with Gasteiger partial charge in [-0.15, -0.1) is 0 Å². The molecule has 1 atom stereocenters. The van der Waals surface area contributed by atoms with Crippen LogP contribution in [0.25, 0.3) is 0 Å². The largest absolute Gasteiger partial charge is 0.389 e. The zero-order valence-electron chi connectivity index (χ0n) is 8.93. The number of amides is 1. The minimum absolute atomic E-state index is 0.358. The van der Waals surface area contributed by atoms with E-state index in [1.54, 1.807) is 0 Å². The molecule has 16 heavy (non-hydrogen) atoms. The van der Waals surface area contributed by atoms with Crippen LogP contribution in [0.2, 0.25) is 0 Å². The minimum atomic E-state index is -0.595. The van der Waals surface area contributed by atoms with Gasteiger partial charge in [0.25, 0.3) is 0 Å². The molecule has 0 spiro atoms. The first kappa shape index (κ1) is 12.4. The number of ketones is 1. The molecule has 1 aromatic carbocycles. The molecule has 0 saturated carbocycles. The molecule has 1 amide bonds. The van der Waals surface area contributed by atoms with Crippen molar-refractivity contribution in [1.29, 1.82) is 0 Å². The molecule has 2 N–H and O–H groups in total. The van der Waals surface area contributed by atoms with Crippen LogP contribution in [-0.4, -0.2) is 29.9 Å². The number of carbonyl (C=O) groups is 2. The second-order valence-electron chi connectivity index (χ2n) is 3.49. The molecule has 4 heteroatoms. The highest BCUT2D eigenvalue weighted by molar-refractivity contribution is 5.86. The zero-order chi connectivity index (χ0) is 11.8. The van der Waals surface area contributed by atoms with Crippen molar-refractivity contribution < 1.29 is 14.7 Å². The number of rotatable bonds is 7. The van der Waals surface area contributed by atoms with E-state index in [2.05, 4.69) is 5.32 Å². The van der Waals surface area contributed by atoms with E-state index >= 15 is 0 Å². The van der Waals surface area contributed by atoms with Crippen LogP contribution in [-0.2, 0) is 16.0 Å². The third-order valence-corrected chi connectivity index (χ3v) is 2.38. The maximum Gasteiger partial charge on any atom is 0.207 e. The van der Waals surface area contributed by atoms with Gasteiger partial charge in [0, 0.05) is 0 Å². The van der Waals surface area contributed by atoms with Gasteiger partial charge in [-0.25, -0.2) is 0 Å². The molecule has 0 aliphatic rings. The molecule has 1 unspecified atom stereocenters. The van der Waals surface area contributed by atoms with Crippen molar-refractivity contribution in [2.24, 2.45) is 0 Å². The Labute approximate surface area is 94.3 Å². The predicted molar refractivity (Wildman–Crippen MR) is 59.8 cm³/mol. The van der Waals surface area contributed by atoms with Crippen LogP contribution in [0.3, 0.4) is 0 Å².